The van der Waals surface area contributed by atoms with E-state index in [2.05, 4.69) is 81.1 Å². The van der Waals surface area contributed by atoms with Gasteiger partial charge in [-0.1, -0.05) is 82.9 Å². The number of benzene rings is 1. The first-order valence-corrected chi connectivity index (χ1v) is 15.1. The number of anilines is 2. The number of thiophene rings is 1. The minimum atomic E-state index is -0.612. The van der Waals surface area contributed by atoms with Gasteiger partial charge in [0.2, 0.25) is 0 Å². The molecule has 4 N–H and O–H groups in total. The maximum atomic E-state index is 13.3. The highest BCUT2D eigenvalue weighted by Gasteiger charge is 2.34. The lowest BCUT2D eigenvalue weighted by molar-refractivity contribution is 0.227. The van der Waals surface area contributed by atoms with Gasteiger partial charge < -0.3 is 21.1 Å². The first-order chi connectivity index (χ1) is 18.5. The fourth-order valence-corrected chi connectivity index (χ4v) is 6.77. The Kier molecular flexibility index (Phi) is 10.5. The van der Waals surface area contributed by atoms with Crippen LogP contribution >= 0.6 is 11.3 Å². The molecule has 2 aromatic rings. The van der Waals surface area contributed by atoms with Crippen molar-refractivity contribution in [3.8, 4) is 0 Å². The summed E-state index contributed by atoms with van der Waals surface area (Å²) in [7, 11) is 0. The summed E-state index contributed by atoms with van der Waals surface area (Å²) >= 11 is 1.62. The number of nitrogens with one attached hydrogen (secondary N) is 3. The average Bonchev–Trinajstić information content (AvgIpc) is 3.24. The smallest absolute Gasteiger partial charge is 0.323 e. The van der Waals surface area contributed by atoms with Gasteiger partial charge >= 0.3 is 6.03 Å². The Labute approximate surface area is 239 Å². The zero-order valence-electron chi connectivity index (χ0n) is 24.7. The molecule has 1 aromatic carbocycles. The molecule has 5 nitrogen and oxygen atoms in total. The molecule has 0 spiro atoms. The third-order valence-corrected chi connectivity index (χ3v) is 8.88. The number of aryl methyl sites for hydroxylation is 3. The maximum absolute atomic E-state index is 13.3. The second kappa shape index (κ2) is 13.4. The van der Waals surface area contributed by atoms with Crippen molar-refractivity contribution in [1.29, 1.82) is 0 Å². The van der Waals surface area contributed by atoms with Crippen molar-refractivity contribution in [2.75, 3.05) is 10.6 Å². The number of allylic oxidation sites excluding steroid dienone is 2. The van der Waals surface area contributed by atoms with Crippen LogP contribution in [0.5, 0.6) is 0 Å². The van der Waals surface area contributed by atoms with Crippen LogP contribution in [0.4, 0.5) is 16.2 Å². The summed E-state index contributed by atoms with van der Waals surface area (Å²) in [6, 6.07) is 5.91. The van der Waals surface area contributed by atoms with Crippen LogP contribution in [0.3, 0.4) is 0 Å². The molecule has 39 heavy (non-hydrogen) atoms. The minimum Gasteiger partial charge on any atom is -0.510 e. The van der Waals surface area contributed by atoms with Crippen LogP contribution in [0.15, 0.2) is 43.2 Å². The van der Waals surface area contributed by atoms with Gasteiger partial charge in [-0.05, 0) is 75.6 Å². The molecular formula is C33H47N3O2S. The van der Waals surface area contributed by atoms with Gasteiger partial charge in [0.25, 0.3) is 0 Å². The summed E-state index contributed by atoms with van der Waals surface area (Å²) in [6.45, 7) is 20.9. The van der Waals surface area contributed by atoms with Crippen LogP contribution < -0.4 is 16.0 Å². The van der Waals surface area contributed by atoms with Gasteiger partial charge in [-0.25, -0.2) is 4.79 Å². The first kappa shape index (κ1) is 30.6. The van der Waals surface area contributed by atoms with Gasteiger partial charge in [0, 0.05) is 16.3 Å². The number of rotatable bonds is 9. The third-order valence-electron chi connectivity index (χ3n) is 7.61. The molecule has 1 saturated carbocycles. The number of carbonyl (C=O) groups excluding carboxylic acids is 1. The van der Waals surface area contributed by atoms with Gasteiger partial charge in [-0.2, -0.15) is 0 Å². The molecule has 0 bridgehead atoms. The molecule has 1 aliphatic carbocycles. The van der Waals surface area contributed by atoms with Crippen molar-refractivity contribution in [3.63, 3.8) is 0 Å². The van der Waals surface area contributed by atoms with Crippen molar-refractivity contribution in [2.45, 2.75) is 98.4 Å². The van der Waals surface area contributed by atoms with Crippen LogP contribution in [0.25, 0.3) is 11.3 Å². The van der Waals surface area contributed by atoms with Gasteiger partial charge in [-0.3, -0.25) is 0 Å². The minimum absolute atomic E-state index is 0.161. The standard InChI is InChI=1S/C33H47N3O2S/c1-9-27(17-21(2)3)29-20-28(34-32(38)35-30-23(5)18-22(4)19-24(30)6)31(39-29)25(7)36-33(26(8)37)15-13-11-10-12-14-16-33/h9,18-21,36-37H,7-8,10-17H2,1-6H3,(H2,34,35,38)/b27-9+. The van der Waals surface area contributed by atoms with Crippen LogP contribution in [0, 0.1) is 26.7 Å². The average molecular weight is 550 g/mol. The number of hydrogen-bond acceptors (Lipinski definition) is 4. The lowest BCUT2D eigenvalue weighted by Crippen LogP contribution is -2.46. The topological polar surface area (TPSA) is 73.4 Å². The normalized spacial score (nSPS) is 15.8. The Bertz CT molecular complexity index is 1210. The molecule has 1 heterocycles. The molecule has 0 saturated heterocycles. The number of urea groups is 1. The summed E-state index contributed by atoms with van der Waals surface area (Å²) in [4.78, 5) is 15.3. The van der Waals surface area contributed by atoms with E-state index >= 15 is 0 Å². The van der Waals surface area contributed by atoms with Crippen molar-refractivity contribution in [1.82, 2.24) is 5.32 Å². The predicted octanol–water partition coefficient (Wildman–Crippen LogP) is 9.88. The number of hydrogen-bond donors (Lipinski definition) is 4. The highest BCUT2D eigenvalue weighted by Crippen LogP contribution is 2.40. The summed E-state index contributed by atoms with van der Waals surface area (Å²) < 4.78 is 0. The van der Waals surface area contributed by atoms with Crippen LogP contribution in [0.2, 0.25) is 0 Å². The van der Waals surface area contributed by atoms with E-state index in [1.165, 1.54) is 17.6 Å². The number of carbonyl (C=O) groups is 1. The number of amides is 2. The second-order valence-electron chi connectivity index (χ2n) is 11.5. The highest BCUT2D eigenvalue weighted by molar-refractivity contribution is 7.14. The van der Waals surface area contributed by atoms with Crippen molar-refractivity contribution in [3.05, 3.63) is 69.6 Å². The summed E-state index contributed by atoms with van der Waals surface area (Å²) in [5, 5.41) is 20.5. The Morgan fingerprint density at radius 2 is 1.62 bits per heavy atom. The molecule has 0 aliphatic heterocycles. The fourth-order valence-electron chi connectivity index (χ4n) is 5.65. The number of aliphatic hydroxyl groups is 1. The van der Waals surface area contributed by atoms with Gasteiger partial charge in [0.1, 0.15) is 5.76 Å². The van der Waals surface area contributed by atoms with E-state index in [1.54, 1.807) is 11.3 Å². The summed E-state index contributed by atoms with van der Waals surface area (Å²) in [5.74, 6) is 0.667. The van der Waals surface area contributed by atoms with E-state index in [4.69, 9.17) is 0 Å². The third kappa shape index (κ3) is 7.78. The predicted molar refractivity (Wildman–Crippen MR) is 170 cm³/mol. The number of aliphatic hydroxyl groups excluding tert-OH is 1. The Hall–Kier alpha value is -2.99. The van der Waals surface area contributed by atoms with Crippen LogP contribution in [-0.4, -0.2) is 16.7 Å². The van der Waals surface area contributed by atoms with Crippen molar-refractivity contribution < 1.29 is 9.90 Å². The van der Waals surface area contributed by atoms with Gasteiger partial charge in [-0.15, -0.1) is 11.3 Å². The molecule has 0 radical (unpaired) electrons. The zero-order valence-corrected chi connectivity index (χ0v) is 25.5. The van der Waals surface area contributed by atoms with Crippen molar-refractivity contribution >= 4 is 40.0 Å². The molecule has 212 valence electrons. The van der Waals surface area contributed by atoms with Gasteiger partial charge in [0.15, 0.2) is 0 Å². The van der Waals surface area contributed by atoms with Crippen molar-refractivity contribution in [2.24, 2.45) is 5.92 Å². The second-order valence-corrected chi connectivity index (χ2v) is 12.6. The van der Waals surface area contributed by atoms with E-state index < -0.39 is 5.54 Å². The molecule has 6 heteroatoms. The highest BCUT2D eigenvalue weighted by atomic mass is 32.1. The quantitative estimate of drug-likeness (QED) is 0.235. The molecule has 1 aromatic heterocycles. The lowest BCUT2D eigenvalue weighted by atomic mass is 9.82. The summed E-state index contributed by atoms with van der Waals surface area (Å²) in [5.41, 5.74) is 6.09. The largest absolute Gasteiger partial charge is 0.510 e. The molecular weight excluding hydrogens is 502 g/mol. The van der Waals surface area contributed by atoms with E-state index in [0.717, 1.165) is 71.5 Å². The molecule has 1 aliphatic rings. The first-order valence-electron chi connectivity index (χ1n) is 14.3. The maximum Gasteiger partial charge on any atom is 0.323 e. The van der Waals surface area contributed by atoms with E-state index in [9.17, 15) is 9.90 Å². The van der Waals surface area contributed by atoms with Crippen LogP contribution in [0.1, 0.15) is 98.6 Å². The Morgan fingerprint density at radius 3 is 2.15 bits per heavy atom. The van der Waals surface area contributed by atoms with Gasteiger partial charge in [0.05, 0.1) is 16.1 Å². The molecule has 3 rings (SSSR count). The molecule has 0 unspecified atom stereocenters. The van der Waals surface area contributed by atoms with E-state index in [0.29, 0.717) is 17.3 Å². The summed E-state index contributed by atoms with van der Waals surface area (Å²) in [6.07, 6.45) is 10.3. The fraction of sp³-hybridized carbons (Fsp3) is 0.485. The van der Waals surface area contributed by atoms with E-state index in [-0.39, 0.29) is 11.8 Å². The molecule has 2 amide bonds. The lowest BCUT2D eigenvalue weighted by Gasteiger charge is -2.37. The Balaban J connectivity index is 1.95. The van der Waals surface area contributed by atoms with Crippen LogP contribution in [-0.2, 0) is 0 Å². The van der Waals surface area contributed by atoms with E-state index in [1.807, 2.05) is 13.8 Å². The molecule has 1 fully saturated rings. The zero-order chi connectivity index (χ0) is 28.7. The monoisotopic (exact) mass is 549 g/mol. The molecule has 0 atom stereocenters. The Morgan fingerprint density at radius 1 is 1.03 bits per heavy atom. The SMILES string of the molecule is C=C(NC1(C(=C)O)CCCCCCC1)c1sc(/C(=C/C)CC(C)C)cc1NC(=O)Nc1c(C)cc(C)cc1C.